The summed E-state index contributed by atoms with van der Waals surface area (Å²) in [7, 11) is -1.02. The van der Waals surface area contributed by atoms with Crippen LogP contribution < -0.4 is 5.32 Å². The Morgan fingerprint density at radius 1 is 1.23 bits per heavy atom. The van der Waals surface area contributed by atoms with E-state index in [9.17, 15) is 14.4 Å². The fraction of sp³-hybridized carbons (Fsp3) is 0.500. The lowest BCUT2D eigenvalue weighted by Gasteiger charge is -2.62. The van der Waals surface area contributed by atoms with E-state index in [2.05, 4.69) is 5.32 Å². The molecule has 1 aliphatic carbocycles. The van der Waals surface area contributed by atoms with E-state index in [1.54, 1.807) is 24.3 Å². The molecule has 26 heavy (non-hydrogen) atoms. The molecule has 140 valence electrons. The van der Waals surface area contributed by atoms with E-state index in [-0.39, 0.29) is 12.3 Å². The Hall–Kier alpha value is -2.19. The number of rotatable bonds is 4. The predicted octanol–water partition coefficient (Wildman–Crippen LogP) is 2.18. The number of para-hydroxylation sites is 1. The molecular formula is C18H23NO6Si. The van der Waals surface area contributed by atoms with Crippen molar-refractivity contribution in [2.24, 2.45) is 5.92 Å². The molecule has 1 saturated carbocycles. The van der Waals surface area contributed by atoms with Crippen LogP contribution in [0.15, 0.2) is 24.3 Å². The summed E-state index contributed by atoms with van der Waals surface area (Å²) in [6.07, 6.45) is 0.0946. The molecule has 1 amide bonds. The van der Waals surface area contributed by atoms with Crippen LogP contribution in [0.5, 0.6) is 0 Å². The summed E-state index contributed by atoms with van der Waals surface area (Å²) in [5, 5.41) is 2.82. The fourth-order valence-electron chi connectivity index (χ4n) is 4.07. The van der Waals surface area contributed by atoms with Gasteiger partial charge in [-0.25, -0.2) is 4.79 Å². The van der Waals surface area contributed by atoms with Gasteiger partial charge in [0.2, 0.25) is 11.5 Å². The maximum absolute atomic E-state index is 12.9. The number of anilines is 1. The first-order valence-electron chi connectivity index (χ1n) is 8.46. The summed E-state index contributed by atoms with van der Waals surface area (Å²) in [5.74, 6) is -2.26. The van der Waals surface area contributed by atoms with E-state index in [0.717, 1.165) is 0 Å². The highest BCUT2D eigenvalue weighted by atomic mass is 28.4. The average Bonchev–Trinajstić information content (AvgIpc) is 2.53. The van der Waals surface area contributed by atoms with Crippen LogP contribution in [0.3, 0.4) is 0 Å². The minimum Gasteiger partial charge on any atom is -0.467 e. The molecule has 8 heteroatoms. The number of ether oxygens (including phenoxy) is 2. The third kappa shape index (κ3) is 2.47. The maximum Gasteiger partial charge on any atom is 0.341 e. The molecule has 1 aromatic rings. The second kappa shape index (κ2) is 5.92. The minimum absolute atomic E-state index is 0.0946. The van der Waals surface area contributed by atoms with Crippen molar-refractivity contribution >= 4 is 31.9 Å². The SMILES string of the molecule is COC(=O)[C@@]1(O[Si](C)(C)C)C[C@@H]2C(=O)Nc3ccccc3[C@@]21OC(C)=O. The highest BCUT2D eigenvalue weighted by molar-refractivity contribution is 6.70. The van der Waals surface area contributed by atoms with Crippen LogP contribution in [0.4, 0.5) is 5.69 Å². The lowest BCUT2D eigenvalue weighted by Crippen LogP contribution is -2.78. The third-order valence-electron chi connectivity index (χ3n) is 4.78. The lowest BCUT2D eigenvalue weighted by atomic mass is 9.52. The number of fused-ring (bicyclic) bond motifs is 3. The third-order valence-corrected chi connectivity index (χ3v) is 5.74. The summed E-state index contributed by atoms with van der Waals surface area (Å²) >= 11 is 0. The average molecular weight is 377 g/mol. The van der Waals surface area contributed by atoms with Gasteiger partial charge in [-0.05, 0) is 25.7 Å². The van der Waals surface area contributed by atoms with E-state index in [1.807, 2.05) is 19.6 Å². The zero-order chi connectivity index (χ0) is 19.3. The zero-order valence-electron chi connectivity index (χ0n) is 15.5. The molecule has 0 unspecified atom stereocenters. The number of methoxy groups -OCH3 is 1. The van der Waals surface area contributed by atoms with Crippen LogP contribution in [0.2, 0.25) is 19.6 Å². The van der Waals surface area contributed by atoms with Gasteiger partial charge in [0.25, 0.3) is 0 Å². The Morgan fingerprint density at radius 3 is 2.46 bits per heavy atom. The number of carbonyl (C=O) groups is 3. The second-order valence-corrected chi connectivity index (χ2v) is 12.1. The topological polar surface area (TPSA) is 90.9 Å². The molecule has 3 rings (SSSR count). The molecule has 1 aliphatic heterocycles. The quantitative estimate of drug-likeness (QED) is 0.639. The summed E-state index contributed by atoms with van der Waals surface area (Å²) in [6.45, 7) is 7.06. The largest absolute Gasteiger partial charge is 0.467 e. The van der Waals surface area contributed by atoms with Crippen LogP contribution in [0, 0.1) is 5.92 Å². The Balaban J connectivity index is 2.29. The number of esters is 2. The molecule has 1 aromatic carbocycles. The van der Waals surface area contributed by atoms with Crippen molar-refractivity contribution in [2.45, 2.75) is 44.2 Å². The predicted molar refractivity (Wildman–Crippen MR) is 95.8 cm³/mol. The van der Waals surface area contributed by atoms with Crippen LogP contribution in [-0.2, 0) is 33.9 Å². The molecule has 0 bridgehead atoms. The summed E-state index contributed by atoms with van der Waals surface area (Å²) in [5.41, 5.74) is -2.03. The molecule has 0 spiro atoms. The van der Waals surface area contributed by atoms with Crippen molar-refractivity contribution in [1.82, 2.24) is 0 Å². The standard InChI is InChI=1S/C18H23NO6Si/c1-11(20)24-18-12-8-6-7-9-14(12)19-15(21)13(18)10-17(18,16(22)23-2)25-26(3,4)5/h6-9,13H,10H2,1-5H3,(H,19,21)/t13-,17+,18-/m1/s1. The highest BCUT2D eigenvalue weighted by Gasteiger charge is 2.79. The van der Waals surface area contributed by atoms with E-state index < -0.39 is 37.4 Å². The van der Waals surface area contributed by atoms with Gasteiger partial charge < -0.3 is 19.2 Å². The number of hydrogen-bond acceptors (Lipinski definition) is 6. The molecule has 2 aliphatic rings. The zero-order valence-corrected chi connectivity index (χ0v) is 16.5. The Labute approximate surface area is 153 Å². The summed E-state index contributed by atoms with van der Waals surface area (Å²) < 4.78 is 17.1. The Morgan fingerprint density at radius 2 is 1.88 bits per heavy atom. The van der Waals surface area contributed by atoms with Crippen molar-refractivity contribution in [2.75, 3.05) is 12.4 Å². The van der Waals surface area contributed by atoms with Gasteiger partial charge in [-0.2, -0.15) is 0 Å². The van der Waals surface area contributed by atoms with Gasteiger partial charge in [0.1, 0.15) is 0 Å². The lowest BCUT2D eigenvalue weighted by molar-refractivity contribution is -0.267. The van der Waals surface area contributed by atoms with Crippen molar-refractivity contribution in [3.05, 3.63) is 29.8 Å². The summed E-state index contributed by atoms with van der Waals surface area (Å²) in [4.78, 5) is 37.6. The molecule has 0 radical (unpaired) electrons. The monoisotopic (exact) mass is 377 g/mol. The normalized spacial score (nSPS) is 29.6. The van der Waals surface area contributed by atoms with Gasteiger partial charge in [0, 0.05) is 24.6 Å². The molecular weight excluding hydrogens is 354 g/mol. The molecule has 1 heterocycles. The van der Waals surface area contributed by atoms with E-state index in [4.69, 9.17) is 13.9 Å². The molecule has 7 nitrogen and oxygen atoms in total. The van der Waals surface area contributed by atoms with Gasteiger partial charge in [-0.15, -0.1) is 0 Å². The van der Waals surface area contributed by atoms with Crippen molar-refractivity contribution in [3.63, 3.8) is 0 Å². The number of hydrogen-bond donors (Lipinski definition) is 1. The first kappa shape index (κ1) is 18.6. The van der Waals surface area contributed by atoms with Crippen LogP contribution in [0.1, 0.15) is 18.9 Å². The molecule has 0 saturated heterocycles. The van der Waals surface area contributed by atoms with Crippen molar-refractivity contribution < 1.29 is 28.3 Å². The van der Waals surface area contributed by atoms with Crippen LogP contribution in [0.25, 0.3) is 0 Å². The molecule has 3 atom stereocenters. The van der Waals surface area contributed by atoms with E-state index in [0.29, 0.717) is 11.3 Å². The van der Waals surface area contributed by atoms with Gasteiger partial charge in [-0.3, -0.25) is 9.59 Å². The Bertz CT molecular complexity index is 788. The number of nitrogens with one attached hydrogen (secondary N) is 1. The first-order valence-corrected chi connectivity index (χ1v) is 11.9. The van der Waals surface area contributed by atoms with E-state index in [1.165, 1.54) is 14.0 Å². The van der Waals surface area contributed by atoms with Gasteiger partial charge in [0.15, 0.2) is 13.9 Å². The number of benzene rings is 1. The smallest absolute Gasteiger partial charge is 0.341 e. The molecule has 1 fully saturated rings. The fourth-order valence-corrected chi connectivity index (χ4v) is 5.43. The maximum atomic E-state index is 12.9. The molecule has 0 aromatic heterocycles. The molecule has 1 N–H and O–H groups in total. The van der Waals surface area contributed by atoms with Crippen molar-refractivity contribution in [3.8, 4) is 0 Å². The second-order valence-electron chi connectivity index (χ2n) is 7.65. The Kier molecular flexibility index (Phi) is 4.23. The van der Waals surface area contributed by atoms with Crippen LogP contribution >= 0.6 is 0 Å². The minimum atomic E-state index is -2.28. The number of carbonyl (C=O) groups excluding carboxylic acids is 3. The van der Waals surface area contributed by atoms with Gasteiger partial charge in [0.05, 0.1) is 13.0 Å². The van der Waals surface area contributed by atoms with Crippen LogP contribution in [-0.4, -0.2) is 38.9 Å². The van der Waals surface area contributed by atoms with Crippen molar-refractivity contribution in [1.29, 1.82) is 0 Å². The highest BCUT2D eigenvalue weighted by Crippen LogP contribution is 2.63. The van der Waals surface area contributed by atoms with Gasteiger partial charge in [-0.1, -0.05) is 18.2 Å². The number of amides is 1. The van der Waals surface area contributed by atoms with E-state index >= 15 is 0 Å². The first-order chi connectivity index (χ1) is 12.1. The summed E-state index contributed by atoms with van der Waals surface area (Å²) in [6, 6.07) is 6.99. The van der Waals surface area contributed by atoms with Gasteiger partial charge >= 0.3 is 11.9 Å².